The molecule has 3 nitrogen and oxygen atoms in total. The highest BCUT2D eigenvalue weighted by molar-refractivity contribution is 5.75. The Morgan fingerprint density at radius 2 is 1.29 bits per heavy atom. The summed E-state index contributed by atoms with van der Waals surface area (Å²) in [6, 6.07) is 21.5. The molecule has 0 N–H and O–H groups in total. The first-order valence-corrected chi connectivity index (χ1v) is 10.7. The molecular formula is C28H30N2O. The summed E-state index contributed by atoms with van der Waals surface area (Å²) in [4.78, 5) is 0. The molecule has 31 heavy (non-hydrogen) atoms. The summed E-state index contributed by atoms with van der Waals surface area (Å²) in [5, 5.41) is 5.10. The van der Waals surface area contributed by atoms with Crippen molar-refractivity contribution in [2.75, 3.05) is 7.11 Å². The van der Waals surface area contributed by atoms with E-state index in [0.717, 1.165) is 11.4 Å². The van der Waals surface area contributed by atoms with Crippen molar-refractivity contribution in [3.63, 3.8) is 0 Å². The van der Waals surface area contributed by atoms with Crippen LogP contribution in [0.3, 0.4) is 0 Å². The third-order valence-electron chi connectivity index (χ3n) is 6.24. The van der Waals surface area contributed by atoms with Gasteiger partial charge in [0.15, 0.2) is 0 Å². The van der Waals surface area contributed by atoms with Gasteiger partial charge in [-0.15, -0.1) is 0 Å². The van der Waals surface area contributed by atoms with Crippen molar-refractivity contribution < 1.29 is 4.74 Å². The lowest BCUT2D eigenvalue weighted by Gasteiger charge is -2.11. The minimum Gasteiger partial charge on any atom is -0.497 e. The van der Waals surface area contributed by atoms with Gasteiger partial charge in [0.1, 0.15) is 5.75 Å². The molecule has 158 valence electrons. The average molecular weight is 411 g/mol. The van der Waals surface area contributed by atoms with Gasteiger partial charge in [0, 0.05) is 16.7 Å². The highest BCUT2D eigenvalue weighted by atomic mass is 16.5. The molecule has 4 rings (SSSR count). The number of nitrogens with zero attached hydrogens (tertiary/aromatic N) is 2. The van der Waals surface area contributed by atoms with E-state index in [-0.39, 0.29) is 0 Å². The van der Waals surface area contributed by atoms with Crippen LogP contribution in [-0.2, 0) is 6.54 Å². The third-order valence-corrected chi connectivity index (χ3v) is 6.24. The highest BCUT2D eigenvalue weighted by Gasteiger charge is 2.18. The molecule has 0 aliphatic carbocycles. The standard InChI is InChI=1S/C28H30N2O/c1-18-7-11-24(15-20(18)3)27-22(5)28(25-12-8-19(2)21(4)16-25)30(29-27)17-23-9-13-26(31-6)14-10-23/h7-16H,17H2,1-6H3. The Balaban J connectivity index is 1.86. The van der Waals surface area contributed by atoms with Crippen molar-refractivity contribution in [3.05, 3.63) is 94.0 Å². The second kappa shape index (κ2) is 8.43. The molecule has 0 spiro atoms. The smallest absolute Gasteiger partial charge is 0.118 e. The number of hydrogen-bond donors (Lipinski definition) is 0. The van der Waals surface area contributed by atoms with Gasteiger partial charge < -0.3 is 4.74 Å². The molecule has 0 aliphatic rings. The zero-order valence-corrected chi connectivity index (χ0v) is 19.3. The molecule has 1 heterocycles. The Morgan fingerprint density at radius 1 is 0.710 bits per heavy atom. The van der Waals surface area contributed by atoms with Crippen LogP contribution in [0, 0.1) is 34.6 Å². The molecule has 3 aromatic carbocycles. The van der Waals surface area contributed by atoms with Crippen molar-refractivity contribution in [3.8, 4) is 28.3 Å². The molecule has 0 radical (unpaired) electrons. The molecule has 0 aliphatic heterocycles. The molecule has 0 saturated carbocycles. The van der Waals surface area contributed by atoms with E-state index < -0.39 is 0 Å². The fourth-order valence-electron chi connectivity index (χ4n) is 3.99. The summed E-state index contributed by atoms with van der Waals surface area (Å²) < 4.78 is 7.46. The summed E-state index contributed by atoms with van der Waals surface area (Å²) in [7, 11) is 1.69. The van der Waals surface area contributed by atoms with Gasteiger partial charge >= 0.3 is 0 Å². The van der Waals surface area contributed by atoms with E-state index in [1.807, 2.05) is 12.1 Å². The Labute approximate surface area is 185 Å². The van der Waals surface area contributed by atoms with Gasteiger partial charge in [-0.2, -0.15) is 5.10 Å². The Bertz CT molecular complexity index is 1230. The predicted molar refractivity (Wildman–Crippen MR) is 129 cm³/mol. The van der Waals surface area contributed by atoms with Gasteiger partial charge in [-0.25, -0.2) is 0 Å². The lowest BCUT2D eigenvalue weighted by Crippen LogP contribution is -2.04. The van der Waals surface area contributed by atoms with Crippen molar-refractivity contribution in [1.82, 2.24) is 9.78 Å². The van der Waals surface area contributed by atoms with Crippen LogP contribution in [-0.4, -0.2) is 16.9 Å². The Hall–Kier alpha value is -3.33. The van der Waals surface area contributed by atoms with Crippen LogP contribution in [0.25, 0.3) is 22.5 Å². The number of hydrogen-bond acceptors (Lipinski definition) is 2. The number of benzene rings is 3. The third kappa shape index (κ3) is 4.13. The molecular weight excluding hydrogens is 380 g/mol. The first-order valence-electron chi connectivity index (χ1n) is 10.7. The van der Waals surface area contributed by atoms with Gasteiger partial charge in [-0.3, -0.25) is 4.68 Å². The van der Waals surface area contributed by atoms with E-state index in [1.54, 1.807) is 7.11 Å². The predicted octanol–water partition coefficient (Wildman–Crippen LogP) is 6.82. The number of ether oxygens (including phenoxy) is 1. The fraction of sp³-hybridized carbons (Fsp3) is 0.250. The van der Waals surface area contributed by atoms with Gasteiger partial charge in [-0.1, -0.05) is 36.4 Å². The summed E-state index contributed by atoms with van der Waals surface area (Å²) in [5.41, 5.74) is 12.2. The van der Waals surface area contributed by atoms with E-state index in [9.17, 15) is 0 Å². The van der Waals surface area contributed by atoms with Crippen LogP contribution in [0.4, 0.5) is 0 Å². The molecule has 0 unspecified atom stereocenters. The van der Waals surface area contributed by atoms with E-state index in [1.165, 1.54) is 50.2 Å². The van der Waals surface area contributed by atoms with Gasteiger partial charge in [0.2, 0.25) is 0 Å². The van der Waals surface area contributed by atoms with Crippen LogP contribution in [0.15, 0.2) is 60.7 Å². The highest BCUT2D eigenvalue weighted by Crippen LogP contribution is 2.34. The monoisotopic (exact) mass is 410 g/mol. The lowest BCUT2D eigenvalue weighted by atomic mass is 9.98. The summed E-state index contributed by atoms with van der Waals surface area (Å²) in [6.07, 6.45) is 0. The molecule has 1 aromatic heterocycles. The maximum atomic E-state index is 5.32. The first kappa shape index (κ1) is 20.9. The zero-order valence-electron chi connectivity index (χ0n) is 19.3. The average Bonchev–Trinajstić information content (AvgIpc) is 3.08. The molecule has 0 saturated heterocycles. The molecule has 0 amide bonds. The number of methoxy groups -OCH3 is 1. The largest absolute Gasteiger partial charge is 0.497 e. The summed E-state index contributed by atoms with van der Waals surface area (Å²) >= 11 is 0. The quantitative estimate of drug-likeness (QED) is 0.361. The molecule has 3 heteroatoms. The normalized spacial score (nSPS) is 11.0. The van der Waals surface area contributed by atoms with Crippen molar-refractivity contribution in [2.45, 2.75) is 41.2 Å². The van der Waals surface area contributed by atoms with Gasteiger partial charge in [0.25, 0.3) is 0 Å². The Kier molecular flexibility index (Phi) is 5.69. The maximum absolute atomic E-state index is 5.32. The van der Waals surface area contributed by atoms with Crippen molar-refractivity contribution >= 4 is 0 Å². The molecule has 0 bridgehead atoms. The van der Waals surface area contributed by atoms with E-state index in [2.05, 4.69) is 87.8 Å². The lowest BCUT2D eigenvalue weighted by molar-refractivity contribution is 0.414. The summed E-state index contributed by atoms with van der Waals surface area (Å²) in [6.45, 7) is 11.5. The topological polar surface area (TPSA) is 27.1 Å². The van der Waals surface area contributed by atoms with E-state index in [4.69, 9.17) is 9.84 Å². The summed E-state index contributed by atoms with van der Waals surface area (Å²) in [5.74, 6) is 0.866. The van der Waals surface area contributed by atoms with Crippen LogP contribution >= 0.6 is 0 Å². The second-order valence-corrected chi connectivity index (χ2v) is 8.43. The number of rotatable bonds is 5. The van der Waals surface area contributed by atoms with Crippen LogP contribution < -0.4 is 4.74 Å². The minimum absolute atomic E-state index is 0.706. The second-order valence-electron chi connectivity index (χ2n) is 8.43. The SMILES string of the molecule is COc1ccc(Cn2nc(-c3ccc(C)c(C)c3)c(C)c2-c2ccc(C)c(C)c2)cc1. The minimum atomic E-state index is 0.706. The maximum Gasteiger partial charge on any atom is 0.118 e. The van der Waals surface area contributed by atoms with Crippen molar-refractivity contribution in [2.24, 2.45) is 0 Å². The molecule has 4 aromatic rings. The van der Waals surface area contributed by atoms with E-state index in [0.29, 0.717) is 6.54 Å². The zero-order chi connectivity index (χ0) is 22.1. The van der Waals surface area contributed by atoms with Crippen LogP contribution in [0.5, 0.6) is 5.75 Å². The van der Waals surface area contributed by atoms with Crippen LogP contribution in [0.2, 0.25) is 0 Å². The first-order chi connectivity index (χ1) is 14.9. The Morgan fingerprint density at radius 3 is 1.87 bits per heavy atom. The van der Waals surface area contributed by atoms with Gasteiger partial charge in [0.05, 0.1) is 25.0 Å². The van der Waals surface area contributed by atoms with Crippen molar-refractivity contribution in [1.29, 1.82) is 0 Å². The molecule has 0 fully saturated rings. The van der Waals surface area contributed by atoms with E-state index >= 15 is 0 Å². The number of aryl methyl sites for hydroxylation is 4. The molecule has 0 atom stereocenters. The van der Waals surface area contributed by atoms with Gasteiger partial charge in [-0.05, 0) is 86.7 Å². The number of aromatic nitrogens is 2. The fourth-order valence-corrected chi connectivity index (χ4v) is 3.99. The van der Waals surface area contributed by atoms with Crippen LogP contribution in [0.1, 0.15) is 33.4 Å².